The summed E-state index contributed by atoms with van der Waals surface area (Å²) >= 11 is 0. The minimum atomic E-state index is -0.00957. The molecule has 1 aromatic heterocycles. The summed E-state index contributed by atoms with van der Waals surface area (Å²) in [4.78, 5) is 12.2. The predicted molar refractivity (Wildman–Crippen MR) is 72.1 cm³/mol. The minimum absolute atomic E-state index is 0.00957. The second-order valence-electron chi connectivity index (χ2n) is 4.04. The molecule has 3 heteroatoms. The third-order valence-electron chi connectivity index (χ3n) is 2.84. The van der Waals surface area contributed by atoms with Crippen molar-refractivity contribution < 1.29 is 0 Å². The summed E-state index contributed by atoms with van der Waals surface area (Å²) in [7, 11) is 0. The molecule has 0 radical (unpaired) electrons. The first kappa shape index (κ1) is 11.5. The van der Waals surface area contributed by atoms with Crippen molar-refractivity contribution in [2.45, 2.75) is 19.4 Å². The quantitative estimate of drug-likeness (QED) is 0.645. The second-order valence-corrected chi connectivity index (χ2v) is 4.04. The average Bonchev–Trinajstić information content (AvgIpc) is 2.33. The van der Waals surface area contributed by atoms with Gasteiger partial charge in [0.05, 0.1) is 0 Å². The summed E-state index contributed by atoms with van der Waals surface area (Å²) < 4.78 is 1.63. The van der Waals surface area contributed by atoms with E-state index in [1.165, 1.54) is 0 Å². The number of hydrogen-bond donors (Lipinski definition) is 1. The van der Waals surface area contributed by atoms with Gasteiger partial charge in [0.15, 0.2) is 0 Å². The summed E-state index contributed by atoms with van der Waals surface area (Å²) in [6.45, 7) is 4.31. The lowest BCUT2D eigenvalue weighted by molar-refractivity contribution is 0.642. The van der Waals surface area contributed by atoms with E-state index < -0.39 is 0 Å². The van der Waals surface area contributed by atoms with Crippen molar-refractivity contribution in [3.05, 3.63) is 53.3 Å². The largest absolute Gasteiger partial charge is 0.385 e. The molecule has 1 aromatic carbocycles. The molecule has 0 bridgehead atoms. The number of nitrogens with two attached hydrogens (primary N) is 1. The number of nitrogen functional groups attached to an aromatic ring is 1. The summed E-state index contributed by atoms with van der Waals surface area (Å²) in [5, 5.41) is 1.62. The zero-order valence-electron chi connectivity index (χ0n) is 9.73. The summed E-state index contributed by atoms with van der Waals surface area (Å²) in [6.07, 6.45) is 3.62. The highest BCUT2D eigenvalue weighted by molar-refractivity contribution is 5.83. The van der Waals surface area contributed by atoms with E-state index in [9.17, 15) is 4.79 Å². The molecule has 17 heavy (non-hydrogen) atoms. The summed E-state index contributed by atoms with van der Waals surface area (Å²) in [5.41, 5.74) is 5.90. The zero-order chi connectivity index (χ0) is 12.3. The number of allylic oxidation sites excluding steroid dienone is 1. The van der Waals surface area contributed by atoms with Crippen molar-refractivity contribution >= 4 is 16.6 Å². The smallest absolute Gasteiger partial charge is 0.259 e. The summed E-state index contributed by atoms with van der Waals surface area (Å²) in [6, 6.07) is 9.37. The van der Waals surface area contributed by atoms with Gasteiger partial charge in [0.1, 0.15) is 5.82 Å². The van der Waals surface area contributed by atoms with Crippen LogP contribution >= 0.6 is 0 Å². The monoisotopic (exact) mass is 228 g/mol. The molecule has 0 atom stereocenters. The van der Waals surface area contributed by atoms with Crippen LogP contribution in [0.25, 0.3) is 10.8 Å². The number of benzene rings is 1. The molecule has 0 saturated heterocycles. The van der Waals surface area contributed by atoms with E-state index in [2.05, 4.69) is 6.58 Å². The van der Waals surface area contributed by atoms with E-state index in [1.54, 1.807) is 4.57 Å². The number of unbranched alkanes of at least 4 members (excludes halogenated alkanes) is 1. The van der Waals surface area contributed by atoms with Crippen LogP contribution in [0.1, 0.15) is 12.8 Å². The van der Waals surface area contributed by atoms with Crippen molar-refractivity contribution in [3.63, 3.8) is 0 Å². The van der Waals surface area contributed by atoms with Gasteiger partial charge in [-0.05, 0) is 30.4 Å². The number of nitrogens with zero attached hydrogens (tertiary/aromatic N) is 1. The Morgan fingerprint density at radius 1 is 1.35 bits per heavy atom. The van der Waals surface area contributed by atoms with Gasteiger partial charge in [-0.3, -0.25) is 9.36 Å². The molecule has 0 saturated carbocycles. The molecular formula is C14H16N2O. The predicted octanol–water partition coefficient (Wildman–Crippen LogP) is 2.55. The lowest BCUT2D eigenvalue weighted by Gasteiger charge is -2.10. The molecule has 0 unspecified atom stereocenters. The van der Waals surface area contributed by atoms with Crippen LogP contribution in [-0.2, 0) is 6.54 Å². The van der Waals surface area contributed by atoms with E-state index in [4.69, 9.17) is 5.73 Å². The Morgan fingerprint density at radius 2 is 2.12 bits per heavy atom. The van der Waals surface area contributed by atoms with Crippen LogP contribution < -0.4 is 11.3 Å². The van der Waals surface area contributed by atoms with Crippen LogP contribution in [-0.4, -0.2) is 4.57 Å². The highest BCUT2D eigenvalue weighted by Crippen LogP contribution is 2.13. The normalized spacial score (nSPS) is 10.6. The Bertz CT molecular complexity index is 599. The Kier molecular flexibility index (Phi) is 3.28. The van der Waals surface area contributed by atoms with Gasteiger partial charge in [-0.25, -0.2) is 0 Å². The number of aromatic nitrogens is 1. The SMILES string of the molecule is C=CCCCn1c(N)cc2ccccc2c1=O. The topological polar surface area (TPSA) is 48.0 Å². The van der Waals surface area contributed by atoms with Gasteiger partial charge in [0, 0.05) is 11.9 Å². The fourth-order valence-corrected chi connectivity index (χ4v) is 1.94. The van der Waals surface area contributed by atoms with Gasteiger partial charge in [-0.2, -0.15) is 0 Å². The van der Waals surface area contributed by atoms with Crippen molar-refractivity contribution in [1.82, 2.24) is 4.57 Å². The van der Waals surface area contributed by atoms with Crippen molar-refractivity contribution in [2.75, 3.05) is 5.73 Å². The van der Waals surface area contributed by atoms with Crippen molar-refractivity contribution in [3.8, 4) is 0 Å². The van der Waals surface area contributed by atoms with E-state index in [1.807, 2.05) is 36.4 Å². The van der Waals surface area contributed by atoms with Crippen LogP contribution in [0, 0.1) is 0 Å². The van der Waals surface area contributed by atoms with Crippen molar-refractivity contribution in [1.29, 1.82) is 0 Å². The molecular weight excluding hydrogens is 212 g/mol. The molecule has 0 aliphatic rings. The first-order chi connectivity index (χ1) is 8.24. The molecule has 3 nitrogen and oxygen atoms in total. The third-order valence-corrected chi connectivity index (χ3v) is 2.84. The van der Waals surface area contributed by atoms with Crippen molar-refractivity contribution in [2.24, 2.45) is 0 Å². The third kappa shape index (κ3) is 2.23. The number of hydrogen-bond acceptors (Lipinski definition) is 2. The van der Waals surface area contributed by atoms with Crippen LogP contribution in [0.15, 0.2) is 47.8 Å². The molecule has 88 valence electrons. The minimum Gasteiger partial charge on any atom is -0.385 e. The molecule has 1 heterocycles. The number of fused-ring (bicyclic) bond motifs is 1. The average molecular weight is 228 g/mol. The van der Waals surface area contributed by atoms with E-state index in [-0.39, 0.29) is 5.56 Å². The molecule has 2 N–H and O–H groups in total. The molecule has 0 fully saturated rings. The maximum Gasteiger partial charge on any atom is 0.259 e. The fraction of sp³-hybridized carbons (Fsp3) is 0.214. The lowest BCUT2D eigenvalue weighted by Crippen LogP contribution is -2.23. The van der Waals surface area contributed by atoms with Gasteiger partial charge in [-0.1, -0.05) is 24.3 Å². The standard InChI is InChI=1S/C14H16N2O/c1-2-3-6-9-16-13(15)10-11-7-4-5-8-12(11)14(16)17/h2,4-5,7-8,10H,1,3,6,9,15H2. The van der Waals surface area contributed by atoms with Gasteiger partial charge < -0.3 is 5.73 Å². The van der Waals surface area contributed by atoms with Gasteiger partial charge in [-0.15, -0.1) is 6.58 Å². The maximum atomic E-state index is 12.2. The number of rotatable bonds is 4. The Balaban J connectivity index is 2.48. The first-order valence-electron chi connectivity index (χ1n) is 5.73. The van der Waals surface area contributed by atoms with Gasteiger partial charge in [0.25, 0.3) is 5.56 Å². The van der Waals surface area contributed by atoms with Crippen LogP contribution in [0.3, 0.4) is 0 Å². The maximum absolute atomic E-state index is 12.2. The van der Waals surface area contributed by atoms with Gasteiger partial charge in [0.2, 0.25) is 0 Å². The van der Waals surface area contributed by atoms with Crippen LogP contribution in [0.5, 0.6) is 0 Å². The highest BCUT2D eigenvalue weighted by atomic mass is 16.1. The van der Waals surface area contributed by atoms with Crippen LogP contribution in [0.4, 0.5) is 5.82 Å². The molecule has 2 rings (SSSR count). The molecule has 0 aliphatic carbocycles. The fourth-order valence-electron chi connectivity index (χ4n) is 1.94. The van der Waals surface area contributed by atoms with E-state index in [0.717, 1.165) is 23.6 Å². The Labute approximate surface area is 100 Å². The lowest BCUT2D eigenvalue weighted by atomic mass is 10.1. The number of anilines is 1. The zero-order valence-corrected chi connectivity index (χ0v) is 9.73. The molecule has 2 aromatic rings. The molecule has 0 aliphatic heterocycles. The van der Waals surface area contributed by atoms with E-state index >= 15 is 0 Å². The Morgan fingerprint density at radius 3 is 2.88 bits per heavy atom. The molecule has 0 spiro atoms. The van der Waals surface area contributed by atoms with Crippen LogP contribution in [0.2, 0.25) is 0 Å². The summed E-state index contributed by atoms with van der Waals surface area (Å²) in [5.74, 6) is 0.526. The number of pyridine rings is 1. The second kappa shape index (κ2) is 4.87. The Hall–Kier alpha value is -2.03. The molecule has 0 amide bonds. The highest BCUT2D eigenvalue weighted by Gasteiger charge is 2.05. The van der Waals surface area contributed by atoms with E-state index in [0.29, 0.717) is 12.4 Å². The first-order valence-corrected chi connectivity index (χ1v) is 5.73. The van der Waals surface area contributed by atoms with Gasteiger partial charge >= 0.3 is 0 Å².